The number of ketones is 1. The number of hydrogen-bond donors (Lipinski definition) is 2. The minimum Gasteiger partial charge on any atom is -0.341 e. The molecule has 1 fully saturated rings. The van der Waals surface area contributed by atoms with Crippen LogP contribution in [0.5, 0.6) is 0 Å². The molecule has 1 aliphatic rings. The van der Waals surface area contributed by atoms with Gasteiger partial charge in [-0.05, 0) is 38.8 Å². The summed E-state index contributed by atoms with van der Waals surface area (Å²) in [5, 5.41) is 5.27. The highest BCUT2D eigenvalue weighted by Crippen LogP contribution is 2.12. The molecular formula is C16H21N3O3. The molecule has 22 heavy (non-hydrogen) atoms. The van der Waals surface area contributed by atoms with E-state index in [-0.39, 0.29) is 11.7 Å². The minimum absolute atomic E-state index is 0.0647. The van der Waals surface area contributed by atoms with E-state index in [9.17, 15) is 14.4 Å². The number of hydrogen-bond acceptors (Lipinski definition) is 3. The summed E-state index contributed by atoms with van der Waals surface area (Å²) in [5.41, 5.74) is 1.05. The van der Waals surface area contributed by atoms with Gasteiger partial charge in [0.2, 0.25) is 5.91 Å². The Labute approximate surface area is 129 Å². The summed E-state index contributed by atoms with van der Waals surface area (Å²) in [6, 6.07) is 5.65. The quantitative estimate of drug-likeness (QED) is 0.835. The first kappa shape index (κ1) is 16.0. The molecule has 2 N–H and O–H groups in total. The Morgan fingerprint density at radius 3 is 2.50 bits per heavy atom. The topological polar surface area (TPSA) is 78.5 Å². The maximum Gasteiger partial charge on any atom is 0.319 e. The zero-order valence-electron chi connectivity index (χ0n) is 12.9. The second-order valence-corrected chi connectivity index (χ2v) is 5.49. The Morgan fingerprint density at radius 2 is 1.86 bits per heavy atom. The van der Waals surface area contributed by atoms with Crippen LogP contribution in [0.25, 0.3) is 0 Å². The molecule has 1 unspecified atom stereocenters. The predicted octanol–water partition coefficient (Wildman–Crippen LogP) is 2.02. The van der Waals surface area contributed by atoms with Gasteiger partial charge in [0.25, 0.3) is 0 Å². The highest BCUT2D eigenvalue weighted by Gasteiger charge is 2.24. The van der Waals surface area contributed by atoms with Crippen LogP contribution in [0.15, 0.2) is 24.3 Å². The van der Waals surface area contributed by atoms with E-state index in [0.29, 0.717) is 11.3 Å². The lowest BCUT2D eigenvalue weighted by Crippen LogP contribution is -2.47. The van der Waals surface area contributed by atoms with Crippen molar-refractivity contribution in [2.75, 3.05) is 18.4 Å². The Hall–Kier alpha value is -2.37. The molecule has 1 atom stereocenters. The maximum absolute atomic E-state index is 12.1. The van der Waals surface area contributed by atoms with Gasteiger partial charge in [0.15, 0.2) is 5.78 Å². The number of nitrogens with one attached hydrogen (secondary N) is 2. The zero-order valence-corrected chi connectivity index (χ0v) is 12.9. The number of anilines is 1. The smallest absolute Gasteiger partial charge is 0.319 e. The van der Waals surface area contributed by atoms with Gasteiger partial charge in [0.1, 0.15) is 6.04 Å². The SMILES string of the molecule is CC(=O)c1cccc(NC(=O)NC(C)C(=O)N2CCCC2)c1. The van der Waals surface area contributed by atoms with Gasteiger partial charge >= 0.3 is 6.03 Å². The van der Waals surface area contributed by atoms with Crippen LogP contribution in [-0.4, -0.2) is 41.8 Å². The molecular weight excluding hydrogens is 282 g/mol. The van der Waals surface area contributed by atoms with Crippen molar-refractivity contribution in [2.45, 2.75) is 32.7 Å². The van der Waals surface area contributed by atoms with Crippen LogP contribution in [0.4, 0.5) is 10.5 Å². The molecule has 2 rings (SSSR count). The molecule has 0 aromatic heterocycles. The van der Waals surface area contributed by atoms with Crippen molar-refractivity contribution in [3.63, 3.8) is 0 Å². The first-order valence-electron chi connectivity index (χ1n) is 7.44. The number of nitrogens with zero attached hydrogens (tertiary/aromatic N) is 1. The van der Waals surface area contributed by atoms with Crippen LogP contribution < -0.4 is 10.6 Å². The number of rotatable bonds is 4. The first-order valence-corrected chi connectivity index (χ1v) is 7.44. The Balaban J connectivity index is 1.90. The fourth-order valence-electron chi connectivity index (χ4n) is 2.45. The summed E-state index contributed by atoms with van der Waals surface area (Å²) < 4.78 is 0. The van der Waals surface area contributed by atoms with Crippen molar-refractivity contribution < 1.29 is 14.4 Å². The largest absolute Gasteiger partial charge is 0.341 e. The van der Waals surface area contributed by atoms with Gasteiger partial charge in [-0.25, -0.2) is 4.79 Å². The van der Waals surface area contributed by atoms with Crippen LogP contribution in [0.2, 0.25) is 0 Å². The number of carbonyl (C=O) groups is 3. The summed E-state index contributed by atoms with van der Waals surface area (Å²) in [6.45, 7) is 4.66. The summed E-state index contributed by atoms with van der Waals surface area (Å²) in [5.74, 6) is -0.133. The number of Topliss-reactive ketones (excluding diaryl/α,β-unsaturated/α-hetero) is 1. The van der Waals surface area contributed by atoms with Crippen LogP contribution in [0, 0.1) is 0 Å². The summed E-state index contributed by atoms with van der Waals surface area (Å²) in [6.07, 6.45) is 2.03. The second kappa shape index (κ2) is 7.06. The van der Waals surface area contributed by atoms with Gasteiger partial charge in [-0.3, -0.25) is 9.59 Å². The van der Waals surface area contributed by atoms with Crippen molar-refractivity contribution in [1.29, 1.82) is 0 Å². The number of amides is 3. The minimum atomic E-state index is -0.575. The molecule has 0 radical (unpaired) electrons. The molecule has 0 bridgehead atoms. The molecule has 1 heterocycles. The van der Waals surface area contributed by atoms with E-state index in [1.54, 1.807) is 36.1 Å². The van der Waals surface area contributed by atoms with Gasteiger partial charge < -0.3 is 15.5 Å². The lowest BCUT2D eigenvalue weighted by molar-refractivity contribution is -0.131. The van der Waals surface area contributed by atoms with Gasteiger partial charge in [-0.15, -0.1) is 0 Å². The van der Waals surface area contributed by atoms with Gasteiger partial charge in [-0.2, -0.15) is 0 Å². The van der Waals surface area contributed by atoms with E-state index in [1.165, 1.54) is 6.92 Å². The third-order valence-corrected chi connectivity index (χ3v) is 3.66. The fraction of sp³-hybridized carbons (Fsp3) is 0.438. The van der Waals surface area contributed by atoms with Crippen LogP contribution in [0.1, 0.15) is 37.0 Å². The van der Waals surface area contributed by atoms with E-state index in [1.807, 2.05) is 0 Å². The Morgan fingerprint density at radius 1 is 1.18 bits per heavy atom. The molecule has 1 aliphatic heterocycles. The highest BCUT2D eigenvalue weighted by atomic mass is 16.2. The molecule has 3 amide bonds. The Kier molecular flexibility index (Phi) is 5.14. The van der Waals surface area contributed by atoms with Gasteiger partial charge in [0.05, 0.1) is 0 Å². The van der Waals surface area contributed by atoms with E-state index in [4.69, 9.17) is 0 Å². The number of benzene rings is 1. The van der Waals surface area contributed by atoms with Crippen molar-refractivity contribution in [3.8, 4) is 0 Å². The molecule has 0 aliphatic carbocycles. The predicted molar refractivity (Wildman–Crippen MR) is 83.9 cm³/mol. The number of carbonyl (C=O) groups excluding carboxylic acids is 3. The Bertz CT molecular complexity index is 580. The standard InChI is InChI=1S/C16H21N3O3/c1-11(15(21)19-8-3-4-9-19)17-16(22)18-14-7-5-6-13(10-14)12(2)20/h5-7,10-11H,3-4,8-9H2,1-2H3,(H2,17,18,22). The lowest BCUT2D eigenvalue weighted by atomic mass is 10.1. The summed E-state index contributed by atoms with van der Waals surface area (Å²) in [4.78, 5) is 37.1. The van der Waals surface area contributed by atoms with E-state index >= 15 is 0 Å². The normalized spacial score (nSPS) is 15.3. The molecule has 6 nitrogen and oxygen atoms in total. The molecule has 1 saturated heterocycles. The molecule has 6 heteroatoms. The molecule has 0 spiro atoms. The van der Waals surface area contributed by atoms with Crippen molar-refractivity contribution >= 4 is 23.4 Å². The van der Waals surface area contributed by atoms with Crippen LogP contribution in [0.3, 0.4) is 0 Å². The van der Waals surface area contributed by atoms with Gasteiger partial charge in [0, 0.05) is 24.3 Å². The summed E-state index contributed by atoms with van der Waals surface area (Å²) in [7, 11) is 0. The zero-order chi connectivity index (χ0) is 16.1. The van der Waals surface area contributed by atoms with Crippen molar-refractivity contribution in [2.24, 2.45) is 0 Å². The lowest BCUT2D eigenvalue weighted by Gasteiger charge is -2.21. The van der Waals surface area contributed by atoms with Crippen molar-refractivity contribution in [1.82, 2.24) is 10.2 Å². The molecule has 1 aromatic carbocycles. The second-order valence-electron chi connectivity index (χ2n) is 5.49. The monoisotopic (exact) mass is 303 g/mol. The molecule has 0 saturated carbocycles. The average molecular weight is 303 g/mol. The third kappa shape index (κ3) is 4.07. The van der Waals surface area contributed by atoms with Crippen molar-refractivity contribution in [3.05, 3.63) is 29.8 Å². The average Bonchev–Trinajstić information content (AvgIpc) is 3.00. The van der Waals surface area contributed by atoms with E-state index in [2.05, 4.69) is 10.6 Å². The molecule has 1 aromatic rings. The van der Waals surface area contributed by atoms with Gasteiger partial charge in [-0.1, -0.05) is 12.1 Å². The number of urea groups is 1. The van der Waals surface area contributed by atoms with Crippen LogP contribution >= 0.6 is 0 Å². The van der Waals surface area contributed by atoms with E-state index < -0.39 is 12.1 Å². The summed E-state index contributed by atoms with van der Waals surface area (Å²) >= 11 is 0. The van der Waals surface area contributed by atoms with E-state index in [0.717, 1.165) is 25.9 Å². The number of likely N-dealkylation sites (tertiary alicyclic amines) is 1. The first-order chi connectivity index (χ1) is 10.5. The fourth-order valence-corrected chi connectivity index (χ4v) is 2.45. The third-order valence-electron chi connectivity index (χ3n) is 3.66. The molecule has 118 valence electrons. The van der Waals surface area contributed by atoms with Crippen LogP contribution in [-0.2, 0) is 4.79 Å². The highest BCUT2D eigenvalue weighted by molar-refractivity contribution is 5.97. The maximum atomic E-state index is 12.1.